The average molecular weight is 392 g/mol. The molecular formula is C20H28N2O6. The number of hydrogen-bond acceptors (Lipinski definition) is 5. The van der Waals surface area contributed by atoms with E-state index in [9.17, 15) is 14.4 Å². The van der Waals surface area contributed by atoms with Crippen LogP contribution < -0.4 is 5.32 Å². The molecule has 1 aliphatic rings. The minimum absolute atomic E-state index is 0.0646. The van der Waals surface area contributed by atoms with E-state index < -0.39 is 30.4 Å². The van der Waals surface area contributed by atoms with Gasteiger partial charge in [-0.05, 0) is 24.3 Å². The van der Waals surface area contributed by atoms with Crippen LogP contribution in [0, 0.1) is 5.92 Å². The lowest BCUT2D eigenvalue weighted by molar-refractivity contribution is -0.171. The van der Waals surface area contributed by atoms with Crippen LogP contribution in [0.2, 0.25) is 0 Å². The largest absolute Gasteiger partial charge is 0.465 e. The number of rotatable bonds is 8. The van der Waals surface area contributed by atoms with Crippen LogP contribution in [0.1, 0.15) is 39.2 Å². The summed E-state index contributed by atoms with van der Waals surface area (Å²) in [7, 11) is 0. The van der Waals surface area contributed by atoms with E-state index >= 15 is 0 Å². The summed E-state index contributed by atoms with van der Waals surface area (Å²) in [6.07, 6.45) is -0.816. The Morgan fingerprint density at radius 3 is 2.54 bits per heavy atom. The summed E-state index contributed by atoms with van der Waals surface area (Å²) in [6, 6.07) is 8.05. The molecule has 0 aromatic heterocycles. The summed E-state index contributed by atoms with van der Waals surface area (Å²) in [5.74, 6) is -1.03. The van der Waals surface area contributed by atoms with Gasteiger partial charge in [-0.3, -0.25) is 9.59 Å². The molecule has 28 heavy (non-hydrogen) atoms. The van der Waals surface area contributed by atoms with Gasteiger partial charge in [0.1, 0.15) is 18.8 Å². The van der Waals surface area contributed by atoms with Crippen molar-refractivity contribution < 1.29 is 29.0 Å². The molecule has 0 radical (unpaired) electrons. The number of esters is 1. The number of hydrogen-bond donors (Lipinski definition) is 2. The van der Waals surface area contributed by atoms with Gasteiger partial charge in [0, 0.05) is 6.42 Å². The van der Waals surface area contributed by atoms with Crippen molar-refractivity contribution in [1.29, 1.82) is 0 Å². The van der Waals surface area contributed by atoms with Gasteiger partial charge < -0.3 is 24.8 Å². The second-order valence-electron chi connectivity index (χ2n) is 7.14. The van der Waals surface area contributed by atoms with Crippen LogP contribution in [-0.2, 0) is 25.5 Å². The molecule has 1 saturated heterocycles. The monoisotopic (exact) mass is 392 g/mol. The number of nitrogens with zero attached hydrogens (tertiary/aromatic N) is 1. The molecule has 8 nitrogen and oxygen atoms in total. The molecule has 2 amide bonds. The predicted molar refractivity (Wildman–Crippen MR) is 101 cm³/mol. The van der Waals surface area contributed by atoms with Crippen LogP contribution in [-0.4, -0.2) is 53.1 Å². The Balaban J connectivity index is 2.23. The number of nitrogens with one attached hydrogen (secondary N) is 1. The lowest BCUT2D eigenvalue weighted by atomic mass is 10.00. The first kappa shape index (κ1) is 21.7. The highest BCUT2D eigenvalue weighted by molar-refractivity contribution is 5.86. The first-order chi connectivity index (χ1) is 13.3. The number of carboxylic acid groups (broad SMARTS) is 1. The van der Waals surface area contributed by atoms with Gasteiger partial charge in [-0.2, -0.15) is 0 Å². The number of amides is 2. The molecule has 8 heteroatoms. The summed E-state index contributed by atoms with van der Waals surface area (Å²) < 4.78 is 11.1. The van der Waals surface area contributed by atoms with E-state index in [-0.39, 0.29) is 25.0 Å². The van der Waals surface area contributed by atoms with Crippen molar-refractivity contribution in [2.24, 2.45) is 5.92 Å². The van der Waals surface area contributed by atoms with Gasteiger partial charge in [0.2, 0.25) is 12.2 Å². The molecule has 0 saturated carbocycles. The Labute approximate surface area is 164 Å². The Bertz CT molecular complexity index is 679. The topological polar surface area (TPSA) is 105 Å². The van der Waals surface area contributed by atoms with Gasteiger partial charge in [-0.1, -0.05) is 51.1 Å². The van der Waals surface area contributed by atoms with Crippen LogP contribution in [0.25, 0.3) is 0 Å². The highest BCUT2D eigenvalue weighted by Gasteiger charge is 2.43. The van der Waals surface area contributed by atoms with E-state index in [1.165, 1.54) is 4.90 Å². The Hall–Kier alpha value is -2.61. The summed E-state index contributed by atoms with van der Waals surface area (Å²) in [6.45, 7) is 5.34. The maximum absolute atomic E-state index is 13.1. The second-order valence-corrected chi connectivity index (χ2v) is 7.14. The van der Waals surface area contributed by atoms with E-state index in [2.05, 4.69) is 5.32 Å². The molecule has 2 N–H and O–H groups in total. The molecule has 0 bridgehead atoms. The number of carbonyl (C=O) groups excluding carboxylic acids is 2. The van der Waals surface area contributed by atoms with Gasteiger partial charge in [0.05, 0.1) is 0 Å². The predicted octanol–water partition coefficient (Wildman–Crippen LogP) is 2.38. The van der Waals surface area contributed by atoms with Gasteiger partial charge in [0.25, 0.3) is 0 Å². The fourth-order valence-electron chi connectivity index (χ4n) is 3.13. The van der Waals surface area contributed by atoms with E-state index in [1.807, 2.05) is 37.3 Å². The fraction of sp³-hybridized carbons (Fsp3) is 0.550. The minimum Gasteiger partial charge on any atom is -0.465 e. The van der Waals surface area contributed by atoms with Crippen molar-refractivity contribution in [1.82, 2.24) is 10.2 Å². The Morgan fingerprint density at radius 2 is 1.96 bits per heavy atom. The number of ether oxygens (including phenoxy) is 2. The van der Waals surface area contributed by atoms with Crippen molar-refractivity contribution in [3.8, 4) is 0 Å². The van der Waals surface area contributed by atoms with Crippen LogP contribution >= 0.6 is 0 Å². The van der Waals surface area contributed by atoms with Crippen molar-refractivity contribution >= 4 is 18.0 Å². The molecule has 3 atom stereocenters. The van der Waals surface area contributed by atoms with Crippen molar-refractivity contribution in [3.63, 3.8) is 0 Å². The summed E-state index contributed by atoms with van der Waals surface area (Å²) in [4.78, 5) is 37.6. The Kier molecular flexibility index (Phi) is 7.80. The smallest absolute Gasteiger partial charge is 0.405 e. The first-order valence-electron chi connectivity index (χ1n) is 9.48. The molecule has 1 heterocycles. The third kappa shape index (κ3) is 5.69. The summed E-state index contributed by atoms with van der Waals surface area (Å²) in [5, 5.41) is 11.4. The Morgan fingerprint density at radius 1 is 1.29 bits per heavy atom. The molecule has 1 aliphatic heterocycles. The molecule has 1 aromatic carbocycles. The lowest BCUT2D eigenvalue weighted by Crippen LogP contribution is -2.53. The zero-order chi connectivity index (χ0) is 20.7. The standard InChI is InChI=1S/C20H28N2O6/c1-4-8-16(23)28-19-15(11-14-9-6-5-7-10-14)22(12-27-19)18(24)17(13(2)3)21-20(25)26/h5-7,9-10,13,15,17,19,21H,4,8,11-12H2,1-3H3,(H,25,26). The SMILES string of the molecule is CCCC(=O)OC1OCN(C(=O)C(NC(=O)O)C(C)C)C1Cc1ccccc1. The van der Waals surface area contributed by atoms with Gasteiger partial charge >= 0.3 is 12.1 Å². The maximum atomic E-state index is 13.1. The second kappa shape index (κ2) is 10.1. The molecular weight excluding hydrogens is 364 g/mol. The molecule has 0 spiro atoms. The third-order valence-corrected chi connectivity index (χ3v) is 4.58. The quantitative estimate of drug-likeness (QED) is 0.658. The zero-order valence-electron chi connectivity index (χ0n) is 16.5. The van der Waals surface area contributed by atoms with Crippen LogP contribution in [0.5, 0.6) is 0 Å². The molecule has 154 valence electrons. The van der Waals surface area contributed by atoms with Crippen LogP contribution in [0.15, 0.2) is 30.3 Å². The molecule has 2 rings (SSSR count). The third-order valence-electron chi connectivity index (χ3n) is 4.58. The number of carbonyl (C=O) groups is 3. The summed E-state index contributed by atoms with van der Waals surface area (Å²) in [5.41, 5.74) is 0.958. The van der Waals surface area contributed by atoms with Gasteiger partial charge in [-0.25, -0.2) is 4.79 Å². The maximum Gasteiger partial charge on any atom is 0.405 e. The van der Waals surface area contributed by atoms with Crippen LogP contribution in [0.4, 0.5) is 4.79 Å². The highest BCUT2D eigenvalue weighted by atomic mass is 16.7. The molecule has 0 aliphatic carbocycles. The van der Waals surface area contributed by atoms with E-state index in [4.69, 9.17) is 14.6 Å². The zero-order valence-corrected chi connectivity index (χ0v) is 16.5. The fourth-order valence-corrected chi connectivity index (χ4v) is 3.13. The van der Waals surface area contributed by atoms with Crippen molar-refractivity contribution in [3.05, 3.63) is 35.9 Å². The van der Waals surface area contributed by atoms with Crippen LogP contribution in [0.3, 0.4) is 0 Å². The molecule has 3 unspecified atom stereocenters. The van der Waals surface area contributed by atoms with Crippen molar-refractivity contribution in [2.75, 3.05) is 6.73 Å². The van der Waals surface area contributed by atoms with E-state index in [1.54, 1.807) is 13.8 Å². The van der Waals surface area contributed by atoms with Gasteiger partial charge in [-0.15, -0.1) is 0 Å². The summed E-state index contributed by atoms with van der Waals surface area (Å²) >= 11 is 0. The molecule has 1 fully saturated rings. The van der Waals surface area contributed by atoms with E-state index in [0.717, 1.165) is 5.56 Å². The lowest BCUT2D eigenvalue weighted by Gasteiger charge is -2.30. The number of benzene rings is 1. The molecule has 1 aromatic rings. The average Bonchev–Trinajstić information content (AvgIpc) is 3.02. The van der Waals surface area contributed by atoms with Gasteiger partial charge in [0.15, 0.2) is 0 Å². The van der Waals surface area contributed by atoms with Crippen molar-refractivity contribution in [2.45, 2.75) is 58.4 Å². The first-order valence-corrected chi connectivity index (χ1v) is 9.48. The minimum atomic E-state index is -1.27. The van der Waals surface area contributed by atoms with E-state index in [0.29, 0.717) is 12.8 Å². The highest BCUT2D eigenvalue weighted by Crippen LogP contribution is 2.25. The normalized spacial score (nSPS) is 20.1.